The van der Waals surface area contributed by atoms with Crippen LogP contribution in [0.5, 0.6) is 0 Å². The Bertz CT molecular complexity index is 1750. The molecule has 0 radical (unpaired) electrons. The second kappa shape index (κ2) is 7.87. The normalized spacial score (nSPS) is 12.7. The molecule has 0 unspecified atom stereocenters. The smallest absolute Gasteiger partial charge is 0.248 e. The van der Waals surface area contributed by atoms with Crippen LogP contribution in [0.1, 0.15) is 26.7 Å². The Labute approximate surface area is 211 Å². The van der Waals surface area contributed by atoms with Gasteiger partial charge < -0.3 is 8.83 Å². The number of furan rings is 1. The molecule has 5 nitrogen and oxygen atoms in total. The molecule has 6 heteroatoms. The molecule has 0 atom stereocenters. The van der Waals surface area contributed by atoms with Crippen molar-refractivity contribution in [3.63, 3.8) is 0 Å². The lowest BCUT2D eigenvalue weighted by molar-refractivity contribution is 0.407. The van der Waals surface area contributed by atoms with Gasteiger partial charge >= 0.3 is 0 Å². The van der Waals surface area contributed by atoms with Crippen molar-refractivity contribution in [2.45, 2.75) is 45.8 Å². The van der Waals surface area contributed by atoms with Gasteiger partial charge in [0, 0.05) is 28.1 Å². The summed E-state index contributed by atoms with van der Waals surface area (Å²) < 4.78 is 12.9. The first-order valence-electron chi connectivity index (χ1n) is 12.3. The quantitative estimate of drug-likeness (QED) is 0.237. The number of rotatable bonds is 3. The van der Waals surface area contributed by atoms with E-state index in [9.17, 15) is 0 Å². The van der Waals surface area contributed by atoms with E-state index in [-0.39, 0.29) is 5.41 Å². The first kappa shape index (κ1) is 22.7. The highest BCUT2D eigenvalue weighted by atomic mass is 28.3. The Morgan fingerprint density at radius 2 is 1.58 bits per heavy atom. The third-order valence-electron chi connectivity index (χ3n) is 6.58. The van der Waals surface area contributed by atoms with E-state index >= 15 is 0 Å². The molecule has 180 valence electrons. The maximum atomic E-state index is 6.68. The molecular formula is C30H29N3O2Si. The minimum absolute atomic E-state index is 0.244. The molecule has 0 bridgehead atoms. The molecule has 6 rings (SSSR count). The average Bonchev–Trinajstić information content (AvgIpc) is 3.45. The Hall–Kier alpha value is -3.77. The fourth-order valence-corrected chi connectivity index (χ4v) is 5.73. The summed E-state index contributed by atoms with van der Waals surface area (Å²) in [5, 5.41) is 3.28. The zero-order valence-electron chi connectivity index (χ0n) is 21.5. The van der Waals surface area contributed by atoms with E-state index < -0.39 is 8.07 Å². The second-order valence-electron chi connectivity index (χ2n) is 11.4. The molecule has 0 aliphatic heterocycles. The van der Waals surface area contributed by atoms with Crippen LogP contribution in [-0.2, 0) is 5.41 Å². The van der Waals surface area contributed by atoms with Crippen LogP contribution in [0.15, 0.2) is 75.7 Å². The molecule has 36 heavy (non-hydrogen) atoms. The van der Waals surface area contributed by atoms with Crippen molar-refractivity contribution in [3.8, 4) is 22.5 Å². The summed E-state index contributed by atoms with van der Waals surface area (Å²) in [4.78, 5) is 14.6. The summed E-state index contributed by atoms with van der Waals surface area (Å²) in [6.07, 6.45) is 1.91. The number of nitrogens with zero attached hydrogens (tertiary/aromatic N) is 3. The van der Waals surface area contributed by atoms with Crippen molar-refractivity contribution in [2.24, 2.45) is 0 Å². The molecule has 2 aromatic carbocycles. The second-order valence-corrected chi connectivity index (χ2v) is 16.5. The average molecular weight is 492 g/mol. The summed E-state index contributed by atoms with van der Waals surface area (Å²) in [7, 11) is -1.50. The van der Waals surface area contributed by atoms with Gasteiger partial charge in [0.15, 0.2) is 5.58 Å². The highest BCUT2D eigenvalue weighted by Crippen LogP contribution is 2.42. The van der Waals surface area contributed by atoms with E-state index in [1.165, 1.54) is 5.19 Å². The van der Waals surface area contributed by atoms with E-state index in [0.29, 0.717) is 17.2 Å². The van der Waals surface area contributed by atoms with Gasteiger partial charge in [0.1, 0.15) is 16.8 Å². The Balaban J connectivity index is 1.72. The van der Waals surface area contributed by atoms with Crippen LogP contribution in [0.2, 0.25) is 19.6 Å². The van der Waals surface area contributed by atoms with Crippen molar-refractivity contribution in [3.05, 3.63) is 72.8 Å². The molecule has 0 saturated heterocycles. The van der Waals surface area contributed by atoms with Gasteiger partial charge in [-0.15, -0.1) is 0 Å². The van der Waals surface area contributed by atoms with Crippen LogP contribution in [0.25, 0.3) is 55.7 Å². The van der Waals surface area contributed by atoms with Gasteiger partial charge in [0.25, 0.3) is 0 Å². The molecule has 0 N–H and O–H groups in total. The van der Waals surface area contributed by atoms with Crippen LogP contribution < -0.4 is 5.19 Å². The molecule has 6 aromatic rings. The lowest BCUT2D eigenvalue weighted by atomic mass is 9.97. The zero-order valence-corrected chi connectivity index (χ0v) is 22.5. The maximum absolute atomic E-state index is 6.68. The Morgan fingerprint density at radius 3 is 2.31 bits per heavy atom. The van der Waals surface area contributed by atoms with E-state index in [4.69, 9.17) is 23.8 Å². The Morgan fingerprint density at radius 1 is 0.806 bits per heavy atom. The van der Waals surface area contributed by atoms with Gasteiger partial charge in [-0.1, -0.05) is 88.1 Å². The molecule has 4 aromatic heterocycles. The molecule has 0 fully saturated rings. The topological polar surface area (TPSA) is 65.0 Å². The highest BCUT2D eigenvalue weighted by Gasteiger charge is 2.27. The summed E-state index contributed by atoms with van der Waals surface area (Å²) in [6, 6.07) is 20.7. The molecule has 0 aliphatic carbocycles. The fraction of sp³-hybridized carbons (Fsp3) is 0.233. The van der Waals surface area contributed by atoms with E-state index in [1.54, 1.807) is 0 Å². The molecule has 0 aliphatic rings. The first-order valence-corrected chi connectivity index (χ1v) is 15.8. The van der Waals surface area contributed by atoms with Gasteiger partial charge in [-0.05, 0) is 18.2 Å². The predicted molar refractivity (Wildman–Crippen MR) is 149 cm³/mol. The van der Waals surface area contributed by atoms with Gasteiger partial charge in [-0.25, -0.2) is 9.97 Å². The van der Waals surface area contributed by atoms with Gasteiger partial charge in [-0.2, -0.15) is 0 Å². The van der Waals surface area contributed by atoms with Crippen LogP contribution in [-0.4, -0.2) is 23.0 Å². The van der Waals surface area contributed by atoms with Crippen molar-refractivity contribution in [1.82, 2.24) is 15.0 Å². The van der Waals surface area contributed by atoms with Crippen LogP contribution in [0, 0.1) is 0 Å². The zero-order chi connectivity index (χ0) is 25.2. The lowest BCUT2D eigenvalue weighted by Gasteiger charge is -2.17. The van der Waals surface area contributed by atoms with Gasteiger partial charge in [0.05, 0.1) is 19.2 Å². The Kier molecular flexibility index (Phi) is 4.95. The molecule has 4 heterocycles. The minimum Gasteiger partial charge on any atom is -0.453 e. The van der Waals surface area contributed by atoms with E-state index in [2.05, 4.69) is 70.7 Å². The van der Waals surface area contributed by atoms with E-state index in [0.717, 1.165) is 44.4 Å². The molecule has 0 amide bonds. The number of aromatic nitrogens is 3. The number of benzene rings is 2. The van der Waals surface area contributed by atoms with Crippen molar-refractivity contribution in [1.29, 1.82) is 0 Å². The number of para-hydroxylation sites is 1. The highest BCUT2D eigenvalue weighted by molar-refractivity contribution is 6.88. The first-order chi connectivity index (χ1) is 17.1. The van der Waals surface area contributed by atoms with Gasteiger partial charge in [0.2, 0.25) is 11.6 Å². The maximum Gasteiger partial charge on any atom is 0.248 e. The van der Waals surface area contributed by atoms with Crippen molar-refractivity contribution in [2.75, 3.05) is 0 Å². The third-order valence-corrected chi connectivity index (χ3v) is 8.62. The van der Waals surface area contributed by atoms with Crippen molar-refractivity contribution >= 4 is 46.4 Å². The fourth-order valence-electron chi connectivity index (χ4n) is 4.58. The van der Waals surface area contributed by atoms with Crippen LogP contribution in [0.4, 0.5) is 0 Å². The number of fused-ring (bicyclic) bond motifs is 5. The molecule has 0 spiro atoms. The monoisotopic (exact) mass is 491 g/mol. The summed E-state index contributed by atoms with van der Waals surface area (Å²) >= 11 is 0. The lowest BCUT2D eigenvalue weighted by Crippen LogP contribution is -2.37. The summed E-state index contributed by atoms with van der Waals surface area (Å²) in [5.41, 5.74) is 6.12. The largest absolute Gasteiger partial charge is 0.453 e. The van der Waals surface area contributed by atoms with Crippen LogP contribution in [0.3, 0.4) is 0 Å². The summed E-state index contributed by atoms with van der Waals surface area (Å²) in [5.74, 6) is 0.659. The van der Waals surface area contributed by atoms with Crippen molar-refractivity contribution < 1.29 is 8.83 Å². The van der Waals surface area contributed by atoms with Gasteiger partial charge in [-0.3, -0.25) is 4.98 Å². The predicted octanol–water partition coefficient (Wildman–Crippen LogP) is 7.69. The SMILES string of the molecule is CC(C)(C)c1nc2c(nc(-c3ccccc3)c3oc4c(-c5cc([Si](C)(C)C)ccn5)cccc4c32)o1. The number of hydrogen-bond donors (Lipinski definition) is 0. The summed E-state index contributed by atoms with van der Waals surface area (Å²) in [6.45, 7) is 13.3. The number of pyridine rings is 2. The molecule has 0 saturated carbocycles. The number of oxazole rings is 1. The van der Waals surface area contributed by atoms with E-state index in [1.807, 2.05) is 36.5 Å². The molecular weight excluding hydrogens is 462 g/mol. The number of hydrogen-bond acceptors (Lipinski definition) is 5. The third kappa shape index (κ3) is 3.64. The standard InChI is InChI=1S/C30H29N3O2Si/c1-30(2,3)29-33-25-23-21-14-10-13-20(22-17-19(15-16-31-22)36(4,5)6)26(21)34-27(23)24(32-28(25)35-29)18-11-8-7-9-12-18/h7-17H,1-6H3. The van der Waals surface area contributed by atoms with Crippen LogP contribution >= 0.6 is 0 Å². The minimum atomic E-state index is -1.50.